The van der Waals surface area contributed by atoms with Gasteiger partial charge in [-0.2, -0.15) is 4.31 Å². The van der Waals surface area contributed by atoms with Gasteiger partial charge in [0.2, 0.25) is 10.0 Å². The van der Waals surface area contributed by atoms with Gasteiger partial charge in [-0.1, -0.05) is 11.6 Å². The normalized spacial score (nSPS) is 15.7. The summed E-state index contributed by atoms with van der Waals surface area (Å²) in [5, 5.41) is 0.485. The van der Waals surface area contributed by atoms with Crippen LogP contribution in [0.2, 0.25) is 5.02 Å². The van der Waals surface area contributed by atoms with Crippen LogP contribution in [0.25, 0.3) is 0 Å². The molecular weight excluding hydrogens is 376 g/mol. The Morgan fingerprint density at radius 1 is 0.962 bits per heavy atom. The Hall–Kier alpha value is -2.09. The summed E-state index contributed by atoms with van der Waals surface area (Å²) < 4.78 is 31.8. The number of rotatable bonds is 4. The Bertz CT molecular complexity index is 874. The number of sulfonamides is 1. The second kappa shape index (κ2) is 7.65. The van der Waals surface area contributed by atoms with Gasteiger partial charge in [-0.15, -0.1) is 0 Å². The van der Waals surface area contributed by atoms with Crippen LogP contribution >= 0.6 is 11.6 Å². The predicted octanol–water partition coefficient (Wildman–Crippen LogP) is 2.50. The van der Waals surface area contributed by atoms with Gasteiger partial charge in [0.05, 0.1) is 12.0 Å². The summed E-state index contributed by atoms with van der Waals surface area (Å²) in [5.41, 5.74) is 0.555. The number of hydrogen-bond donors (Lipinski definition) is 0. The van der Waals surface area contributed by atoms with Crippen LogP contribution in [0.1, 0.15) is 10.4 Å². The molecule has 6 nitrogen and oxygen atoms in total. The van der Waals surface area contributed by atoms with Crippen LogP contribution < -0.4 is 4.74 Å². The smallest absolute Gasteiger partial charge is 0.253 e. The molecule has 138 valence electrons. The Balaban J connectivity index is 1.66. The molecule has 1 amide bonds. The van der Waals surface area contributed by atoms with Crippen molar-refractivity contribution in [2.24, 2.45) is 0 Å². The highest BCUT2D eigenvalue weighted by molar-refractivity contribution is 7.89. The highest BCUT2D eigenvalue weighted by Gasteiger charge is 2.30. The number of hydrogen-bond acceptors (Lipinski definition) is 4. The molecule has 0 atom stereocenters. The van der Waals surface area contributed by atoms with E-state index in [0.717, 1.165) is 0 Å². The van der Waals surface area contributed by atoms with E-state index in [1.807, 2.05) is 0 Å². The van der Waals surface area contributed by atoms with Crippen LogP contribution in [0, 0.1) is 0 Å². The van der Waals surface area contributed by atoms with Crippen molar-refractivity contribution in [3.8, 4) is 5.75 Å². The zero-order valence-electron chi connectivity index (χ0n) is 14.3. The molecule has 26 heavy (non-hydrogen) atoms. The molecule has 1 fully saturated rings. The van der Waals surface area contributed by atoms with Crippen molar-refractivity contribution in [1.29, 1.82) is 0 Å². The molecule has 2 aromatic carbocycles. The van der Waals surface area contributed by atoms with Crippen LogP contribution in [-0.2, 0) is 10.0 Å². The first-order valence-electron chi connectivity index (χ1n) is 8.11. The quantitative estimate of drug-likeness (QED) is 0.799. The Kier molecular flexibility index (Phi) is 5.50. The number of halogens is 1. The maximum absolute atomic E-state index is 12.7. The minimum Gasteiger partial charge on any atom is -0.497 e. The molecular formula is C18H19ClN2O4S. The van der Waals surface area contributed by atoms with Crippen molar-refractivity contribution < 1.29 is 17.9 Å². The number of carbonyl (C=O) groups excluding carboxylic acids is 1. The largest absolute Gasteiger partial charge is 0.497 e. The number of benzene rings is 2. The van der Waals surface area contributed by atoms with Crippen LogP contribution in [-0.4, -0.2) is 56.8 Å². The van der Waals surface area contributed by atoms with E-state index < -0.39 is 10.0 Å². The van der Waals surface area contributed by atoms with E-state index in [1.165, 1.54) is 16.4 Å². The van der Waals surface area contributed by atoms with Gasteiger partial charge in [-0.3, -0.25) is 4.79 Å². The van der Waals surface area contributed by atoms with Gasteiger partial charge in [0.25, 0.3) is 5.91 Å². The summed E-state index contributed by atoms with van der Waals surface area (Å²) in [7, 11) is -2.01. The number of nitrogens with zero attached hydrogens (tertiary/aromatic N) is 2. The monoisotopic (exact) mass is 394 g/mol. The summed E-state index contributed by atoms with van der Waals surface area (Å²) in [4.78, 5) is 14.4. The molecule has 0 radical (unpaired) electrons. The van der Waals surface area contributed by atoms with Crippen molar-refractivity contribution in [3.05, 3.63) is 59.1 Å². The molecule has 1 aliphatic rings. The fourth-order valence-corrected chi connectivity index (χ4v) is 4.35. The van der Waals surface area contributed by atoms with Crippen LogP contribution in [0.3, 0.4) is 0 Å². The molecule has 8 heteroatoms. The van der Waals surface area contributed by atoms with Gasteiger partial charge in [-0.25, -0.2) is 8.42 Å². The first-order chi connectivity index (χ1) is 12.4. The molecule has 1 saturated heterocycles. The number of amides is 1. The Labute approximate surface area is 158 Å². The lowest BCUT2D eigenvalue weighted by atomic mass is 10.2. The predicted molar refractivity (Wildman–Crippen MR) is 99.1 cm³/mol. The zero-order chi connectivity index (χ0) is 18.7. The summed E-state index contributed by atoms with van der Waals surface area (Å²) >= 11 is 5.82. The van der Waals surface area contributed by atoms with Crippen LogP contribution in [0.15, 0.2) is 53.4 Å². The van der Waals surface area contributed by atoms with Gasteiger partial charge < -0.3 is 9.64 Å². The van der Waals surface area contributed by atoms with Crippen LogP contribution in [0.5, 0.6) is 5.75 Å². The van der Waals surface area contributed by atoms with Crippen LogP contribution in [0.4, 0.5) is 0 Å². The van der Waals surface area contributed by atoms with Gasteiger partial charge in [0.1, 0.15) is 5.75 Å². The van der Waals surface area contributed by atoms with Crippen molar-refractivity contribution in [2.75, 3.05) is 33.3 Å². The second-order valence-electron chi connectivity index (χ2n) is 5.88. The van der Waals surface area contributed by atoms with E-state index >= 15 is 0 Å². The standard InChI is InChI=1S/C18H19ClN2O4S/c1-25-16-6-2-14(3-7-16)18(22)20-10-12-21(13-11-20)26(23,24)17-8-4-15(19)5-9-17/h2-9H,10-13H2,1H3. The van der Waals surface area contributed by atoms with Crippen molar-refractivity contribution in [1.82, 2.24) is 9.21 Å². The third-order valence-electron chi connectivity index (χ3n) is 4.31. The van der Waals surface area contributed by atoms with E-state index in [4.69, 9.17) is 16.3 Å². The second-order valence-corrected chi connectivity index (χ2v) is 8.25. The average Bonchev–Trinajstić information content (AvgIpc) is 2.68. The molecule has 0 saturated carbocycles. The molecule has 2 aromatic rings. The number of piperazine rings is 1. The summed E-state index contributed by atoms with van der Waals surface area (Å²) in [5.74, 6) is 0.566. The lowest BCUT2D eigenvalue weighted by Gasteiger charge is -2.34. The highest BCUT2D eigenvalue weighted by atomic mass is 35.5. The van der Waals surface area contributed by atoms with Crippen molar-refractivity contribution >= 4 is 27.5 Å². The zero-order valence-corrected chi connectivity index (χ0v) is 15.8. The third-order valence-corrected chi connectivity index (χ3v) is 6.48. The van der Waals surface area contributed by atoms with E-state index in [1.54, 1.807) is 48.4 Å². The van der Waals surface area contributed by atoms with E-state index in [2.05, 4.69) is 0 Å². The van der Waals surface area contributed by atoms with E-state index in [0.29, 0.717) is 29.4 Å². The minimum atomic E-state index is -3.58. The van der Waals surface area contributed by atoms with Gasteiger partial charge >= 0.3 is 0 Å². The number of methoxy groups -OCH3 is 1. The van der Waals surface area contributed by atoms with Crippen molar-refractivity contribution in [3.63, 3.8) is 0 Å². The Morgan fingerprint density at radius 3 is 2.08 bits per heavy atom. The van der Waals surface area contributed by atoms with Gasteiger partial charge in [-0.05, 0) is 48.5 Å². The summed E-state index contributed by atoms with van der Waals surface area (Å²) in [6.07, 6.45) is 0. The topological polar surface area (TPSA) is 66.9 Å². The number of carbonyl (C=O) groups is 1. The van der Waals surface area contributed by atoms with Crippen molar-refractivity contribution in [2.45, 2.75) is 4.90 Å². The van der Waals surface area contributed by atoms with Gasteiger partial charge in [0, 0.05) is 36.8 Å². The molecule has 3 rings (SSSR count). The average molecular weight is 395 g/mol. The summed E-state index contributed by atoms with van der Waals surface area (Å²) in [6, 6.07) is 13.0. The molecule has 0 bridgehead atoms. The number of ether oxygens (including phenoxy) is 1. The molecule has 0 N–H and O–H groups in total. The molecule has 0 aromatic heterocycles. The summed E-state index contributed by atoms with van der Waals surface area (Å²) in [6.45, 7) is 1.20. The maximum Gasteiger partial charge on any atom is 0.253 e. The first kappa shape index (κ1) is 18.7. The Morgan fingerprint density at radius 2 is 1.54 bits per heavy atom. The van der Waals surface area contributed by atoms with Gasteiger partial charge in [0.15, 0.2) is 0 Å². The minimum absolute atomic E-state index is 0.115. The fraction of sp³-hybridized carbons (Fsp3) is 0.278. The molecule has 1 aliphatic heterocycles. The molecule has 0 spiro atoms. The first-order valence-corrected chi connectivity index (χ1v) is 9.92. The maximum atomic E-state index is 12.7. The lowest BCUT2D eigenvalue weighted by molar-refractivity contribution is 0.0698. The molecule has 0 aliphatic carbocycles. The fourth-order valence-electron chi connectivity index (χ4n) is 2.80. The molecule has 1 heterocycles. The lowest BCUT2D eigenvalue weighted by Crippen LogP contribution is -2.50. The highest BCUT2D eigenvalue weighted by Crippen LogP contribution is 2.21. The molecule has 0 unspecified atom stereocenters. The van der Waals surface area contributed by atoms with E-state index in [9.17, 15) is 13.2 Å². The van der Waals surface area contributed by atoms with E-state index in [-0.39, 0.29) is 23.9 Å². The third kappa shape index (κ3) is 3.85. The SMILES string of the molecule is COc1ccc(C(=O)N2CCN(S(=O)(=O)c3ccc(Cl)cc3)CC2)cc1.